The molecule has 0 radical (unpaired) electrons. The number of nitrogens with two attached hydrogens (primary N) is 1. The van der Waals surface area contributed by atoms with Crippen LogP contribution in [-0.4, -0.2) is 22.6 Å². The second-order valence-corrected chi connectivity index (χ2v) is 5.39. The van der Waals surface area contributed by atoms with Crippen LogP contribution in [0, 0.1) is 0 Å². The van der Waals surface area contributed by atoms with E-state index in [0.717, 1.165) is 12.8 Å². The first-order chi connectivity index (χ1) is 8.35. The van der Waals surface area contributed by atoms with Gasteiger partial charge in [0, 0.05) is 6.07 Å². The van der Waals surface area contributed by atoms with Crippen LogP contribution in [0.3, 0.4) is 0 Å². The van der Waals surface area contributed by atoms with Crippen molar-refractivity contribution in [2.45, 2.75) is 45.3 Å². The van der Waals surface area contributed by atoms with Crippen molar-refractivity contribution in [1.29, 1.82) is 0 Å². The van der Waals surface area contributed by atoms with Gasteiger partial charge in [-0.25, -0.2) is 4.98 Å². The molecule has 2 rings (SSSR count). The Hall–Kier alpha value is -1.78. The quantitative estimate of drug-likeness (QED) is 0.885. The molecule has 1 aromatic heterocycles. The van der Waals surface area contributed by atoms with Crippen molar-refractivity contribution in [3.8, 4) is 11.6 Å². The van der Waals surface area contributed by atoms with Gasteiger partial charge in [-0.3, -0.25) is 4.79 Å². The van der Waals surface area contributed by atoms with Gasteiger partial charge in [-0.15, -0.1) is 0 Å². The summed E-state index contributed by atoms with van der Waals surface area (Å²) < 4.78 is 11.2. The Morgan fingerprint density at radius 1 is 1.39 bits per heavy atom. The van der Waals surface area contributed by atoms with Crippen LogP contribution in [0.1, 0.15) is 44.1 Å². The molecule has 1 aliphatic carbocycles. The highest BCUT2D eigenvalue weighted by Crippen LogP contribution is 2.30. The van der Waals surface area contributed by atoms with Gasteiger partial charge >= 0.3 is 0 Å². The standard InChI is InChI=1S/C13H18N2O3/c1-13(2,3)18-10-7-6-9(17-8-4-5-8)11(15-10)12(14)16/h6-8H,4-5H2,1-3H3,(H2,14,16). The molecule has 1 amide bonds. The lowest BCUT2D eigenvalue weighted by Crippen LogP contribution is -2.24. The minimum atomic E-state index is -0.606. The van der Waals surface area contributed by atoms with Gasteiger partial charge in [0.2, 0.25) is 5.88 Å². The maximum Gasteiger partial charge on any atom is 0.271 e. The summed E-state index contributed by atoms with van der Waals surface area (Å²) in [5.41, 5.74) is 5.06. The van der Waals surface area contributed by atoms with Crippen LogP contribution in [0.4, 0.5) is 0 Å². The van der Waals surface area contributed by atoms with Crippen LogP contribution in [-0.2, 0) is 0 Å². The number of pyridine rings is 1. The monoisotopic (exact) mass is 250 g/mol. The third-order valence-corrected chi connectivity index (χ3v) is 2.29. The van der Waals surface area contributed by atoms with Crippen molar-refractivity contribution in [2.75, 3.05) is 0 Å². The van der Waals surface area contributed by atoms with Crippen molar-refractivity contribution in [2.24, 2.45) is 5.73 Å². The van der Waals surface area contributed by atoms with Crippen LogP contribution in [0.15, 0.2) is 12.1 Å². The topological polar surface area (TPSA) is 74.4 Å². The van der Waals surface area contributed by atoms with Gasteiger partial charge in [0.25, 0.3) is 5.91 Å². The van der Waals surface area contributed by atoms with Gasteiger partial charge in [0.15, 0.2) is 11.4 Å². The third-order valence-electron chi connectivity index (χ3n) is 2.29. The Morgan fingerprint density at radius 3 is 2.56 bits per heavy atom. The Balaban J connectivity index is 2.24. The molecule has 0 unspecified atom stereocenters. The predicted molar refractivity (Wildman–Crippen MR) is 66.8 cm³/mol. The first-order valence-electron chi connectivity index (χ1n) is 6.02. The normalized spacial score (nSPS) is 15.3. The number of hydrogen-bond acceptors (Lipinski definition) is 4. The fraction of sp³-hybridized carbons (Fsp3) is 0.538. The van der Waals surface area contributed by atoms with Gasteiger partial charge in [0.1, 0.15) is 5.60 Å². The average molecular weight is 250 g/mol. The number of hydrogen-bond donors (Lipinski definition) is 1. The summed E-state index contributed by atoms with van der Waals surface area (Å²) in [4.78, 5) is 15.5. The zero-order valence-electron chi connectivity index (χ0n) is 10.9. The molecule has 1 aromatic rings. The van der Waals surface area contributed by atoms with Crippen LogP contribution < -0.4 is 15.2 Å². The van der Waals surface area contributed by atoms with Crippen LogP contribution in [0.25, 0.3) is 0 Å². The van der Waals surface area contributed by atoms with Crippen LogP contribution >= 0.6 is 0 Å². The molecule has 5 nitrogen and oxygen atoms in total. The first-order valence-corrected chi connectivity index (χ1v) is 6.02. The number of aromatic nitrogens is 1. The number of carbonyl (C=O) groups excluding carboxylic acids is 1. The highest BCUT2D eigenvalue weighted by atomic mass is 16.5. The van der Waals surface area contributed by atoms with E-state index in [-0.39, 0.29) is 17.4 Å². The fourth-order valence-electron chi connectivity index (χ4n) is 1.44. The van der Waals surface area contributed by atoms with E-state index < -0.39 is 5.91 Å². The molecule has 0 spiro atoms. The van der Waals surface area contributed by atoms with Crippen LogP contribution in [0.5, 0.6) is 11.6 Å². The highest BCUT2D eigenvalue weighted by molar-refractivity contribution is 5.93. The fourth-order valence-corrected chi connectivity index (χ4v) is 1.44. The van der Waals surface area contributed by atoms with Crippen molar-refractivity contribution in [3.63, 3.8) is 0 Å². The summed E-state index contributed by atoms with van der Waals surface area (Å²) in [5, 5.41) is 0. The highest BCUT2D eigenvalue weighted by Gasteiger charge is 2.26. The lowest BCUT2D eigenvalue weighted by molar-refractivity contribution is 0.0979. The second-order valence-electron chi connectivity index (χ2n) is 5.39. The summed E-state index contributed by atoms with van der Waals surface area (Å²) >= 11 is 0. The van der Waals surface area contributed by atoms with E-state index in [1.807, 2.05) is 20.8 Å². The van der Waals surface area contributed by atoms with E-state index in [1.54, 1.807) is 12.1 Å². The van der Waals surface area contributed by atoms with E-state index in [4.69, 9.17) is 15.2 Å². The Bertz CT molecular complexity index is 462. The maximum atomic E-state index is 11.4. The van der Waals surface area contributed by atoms with E-state index in [1.165, 1.54) is 0 Å². The van der Waals surface area contributed by atoms with Gasteiger partial charge in [-0.05, 0) is 39.7 Å². The number of carbonyl (C=O) groups is 1. The Labute approximate surface area is 106 Å². The van der Waals surface area contributed by atoms with Crippen molar-refractivity contribution >= 4 is 5.91 Å². The van der Waals surface area contributed by atoms with E-state index in [9.17, 15) is 4.79 Å². The molecule has 0 saturated heterocycles. The summed E-state index contributed by atoms with van der Waals surface area (Å²) in [6.45, 7) is 5.73. The molecule has 0 atom stereocenters. The molecular weight excluding hydrogens is 232 g/mol. The zero-order chi connectivity index (χ0) is 13.3. The minimum absolute atomic E-state index is 0.128. The zero-order valence-corrected chi connectivity index (χ0v) is 10.9. The average Bonchev–Trinajstić information content (AvgIpc) is 3.01. The van der Waals surface area contributed by atoms with E-state index in [0.29, 0.717) is 11.6 Å². The SMILES string of the molecule is CC(C)(C)Oc1ccc(OC2CC2)c(C(N)=O)n1. The van der Waals surface area contributed by atoms with E-state index in [2.05, 4.69) is 4.98 Å². The lowest BCUT2D eigenvalue weighted by atomic mass is 10.2. The molecule has 98 valence electrons. The molecule has 18 heavy (non-hydrogen) atoms. The molecule has 1 saturated carbocycles. The lowest BCUT2D eigenvalue weighted by Gasteiger charge is -2.21. The third kappa shape index (κ3) is 3.35. The van der Waals surface area contributed by atoms with Crippen molar-refractivity contribution < 1.29 is 14.3 Å². The minimum Gasteiger partial charge on any atom is -0.488 e. The van der Waals surface area contributed by atoms with Gasteiger partial charge in [-0.2, -0.15) is 0 Å². The van der Waals surface area contributed by atoms with Gasteiger partial charge in [-0.1, -0.05) is 0 Å². The molecule has 1 aliphatic rings. The Kier molecular flexibility index (Phi) is 3.15. The largest absolute Gasteiger partial charge is 0.488 e. The number of amides is 1. The number of nitrogens with zero attached hydrogens (tertiary/aromatic N) is 1. The molecule has 5 heteroatoms. The maximum absolute atomic E-state index is 11.4. The molecule has 1 fully saturated rings. The molecular formula is C13H18N2O3. The van der Waals surface area contributed by atoms with Crippen molar-refractivity contribution in [1.82, 2.24) is 4.98 Å². The summed E-state index contributed by atoms with van der Waals surface area (Å²) in [6, 6.07) is 3.38. The summed E-state index contributed by atoms with van der Waals surface area (Å²) in [6.07, 6.45) is 2.22. The van der Waals surface area contributed by atoms with Crippen LogP contribution in [0.2, 0.25) is 0 Å². The Morgan fingerprint density at radius 2 is 2.06 bits per heavy atom. The number of rotatable bonds is 4. The molecule has 0 aromatic carbocycles. The predicted octanol–water partition coefficient (Wildman–Crippen LogP) is 1.90. The second kappa shape index (κ2) is 4.48. The van der Waals surface area contributed by atoms with Gasteiger partial charge in [0.05, 0.1) is 6.10 Å². The molecule has 0 aliphatic heterocycles. The molecule has 0 bridgehead atoms. The summed E-state index contributed by atoms with van der Waals surface area (Å²) in [5.74, 6) is 0.204. The van der Waals surface area contributed by atoms with Gasteiger partial charge < -0.3 is 15.2 Å². The number of ether oxygens (including phenoxy) is 2. The number of primary amides is 1. The molecule has 1 heterocycles. The summed E-state index contributed by atoms with van der Waals surface area (Å²) in [7, 11) is 0. The smallest absolute Gasteiger partial charge is 0.271 e. The van der Waals surface area contributed by atoms with E-state index >= 15 is 0 Å². The molecule has 2 N–H and O–H groups in total. The first kappa shape index (κ1) is 12.7. The van der Waals surface area contributed by atoms with Crippen molar-refractivity contribution in [3.05, 3.63) is 17.8 Å².